The van der Waals surface area contributed by atoms with Gasteiger partial charge in [0.2, 0.25) is 0 Å². The molecule has 0 saturated heterocycles. The lowest BCUT2D eigenvalue weighted by Gasteiger charge is -2.11. The van der Waals surface area contributed by atoms with Crippen LogP contribution in [-0.2, 0) is 12.7 Å². The number of halogens is 3. The third kappa shape index (κ3) is 4.45. The molecule has 0 aliphatic carbocycles. The van der Waals surface area contributed by atoms with Crippen molar-refractivity contribution in [3.05, 3.63) is 83.9 Å². The molecule has 0 bridgehead atoms. The van der Waals surface area contributed by atoms with Crippen molar-refractivity contribution in [3.63, 3.8) is 0 Å². The highest BCUT2D eigenvalue weighted by Crippen LogP contribution is 2.30. The van der Waals surface area contributed by atoms with E-state index in [0.717, 1.165) is 34.3 Å². The summed E-state index contributed by atoms with van der Waals surface area (Å²) in [6.07, 6.45) is -4.48. The number of urea groups is 1. The van der Waals surface area contributed by atoms with Crippen LogP contribution in [0, 0.1) is 0 Å². The number of carbonyl (C=O) groups excluding carboxylic acids is 1. The summed E-state index contributed by atoms with van der Waals surface area (Å²) in [5.41, 5.74) is 7.63. The molecular formula is C22H18F3N5O. The van der Waals surface area contributed by atoms with Gasteiger partial charge in [0.1, 0.15) is 0 Å². The second kappa shape index (κ2) is 8.02. The Morgan fingerprint density at radius 3 is 2.58 bits per heavy atom. The lowest BCUT2D eigenvalue weighted by atomic mass is 10.2. The molecule has 0 saturated carbocycles. The highest BCUT2D eigenvalue weighted by atomic mass is 19.4. The van der Waals surface area contributed by atoms with Crippen molar-refractivity contribution >= 4 is 28.4 Å². The van der Waals surface area contributed by atoms with Crippen LogP contribution in [-0.4, -0.2) is 15.8 Å². The summed E-state index contributed by atoms with van der Waals surface area (Å²) in [6.45, 7) is 0.174. The topological polar surface area (TPSA) is 85.0 Å². The van der Waals surface area contributed by atoms with Gasteiger partial charge in [-0.2, -0.15) is 13.2 Å². The van der Waals surface area contributed by atoms with Gasteiger partial charge in [-0.25, -0.2) is 9.48 Å². The van der Waals surface area contributed by atoms with E-state index in [1.807, 2.05) is 48.5 Å². The van der Waals surface area contributed by atoms with Gasteiger partial charge in [-0.1, -0.05) is 30.3 Å². The molecule has 0 aliphatic rings. The number of rotatable bonds is 4. The van der Waals surface area contributed by atoms with Crippen LogP contribution in [0.2, 0.25) is 0 Å². The number of alkyl halides is 3. The van der Waals surface area contributed by atoms with E-state index < -0.39 is 17.8 Å². The molecule has 1 aromatic heterocycles. The van der Waals surface area contributed by atoms with Crippen molar-refractivity contribution in [2.45, 2.75) is 12.7 Å². The van der Waals surface area contributed by atoms with Gasteiger partial charge in [0.05, 0.1) is 16.8 Å². The Bertz CT molecular complexity index is 1250. The zero-order valence-electron chi connectivity index (χ0n) is 16.1. The molecule has 0 unspecified atom stereocenters. The van der Waals surface area contributed by atoms with Crippen molar-refractivity contribution in [2.24, 2.45) is 0 Å². The molecule has 4 rings (SSSR count). The van der Waals surface area contributed by atoms with E-state index in [0.29, 0.717) is 5.82 Å². The maximum absolute atomic E-state index is 12.8. The zero-order chi connectivity index (χ0) is 22.0. The average Bonchev–Trinajstić information content (AvgIpc) is 3.09. The molecule has 0 atom stereocenters. The number of fused-ring (bicyclic) bond motifs is 1. The van der Waals surface area contributed by atoms with Crippen molar-refractivity contribution in [2.75, 3.05) is 11.1 Å². The van der Waals surface area contributed by atoms with Crippen LogP contribution >= 0.6 is 0 Å². The first kappa shape index (κ1) is 20.3. The van der Waals surface area contributed by atoms with E-state index in [1.54, 1.807) is 4.68 Å². The molecule has 4 N–H and O–H groups in total. The Labute approximate surface area is 175 Å². The third-order valence-corrected chi connectivity index (χ3v) is 4.67. The van der Waals surface area contributed by atoms with Crippen molar-refractivity contribution in [1.29, 1.82) is 0 Å². The SMILES string of the molecule is Nc1nn(-c2cccc(CNC(=O)Nc3cccc(C(F)(F)F)c3)c2)c2ccccc12. The summed E-state index contributed by atoms with van der Waals surface area (Å²) in [5.74, 6) is 0.416. The lowest BCUT2D eigenvalue weighted by molar-refractivity contribution is -0.137. The van der Waals surface area contributed by atoms with E-state index in [-0.39, 0.29) is 12.2 Å². The predicted molar refractivity (Wildman–Crippen MR) is 113 cm³/mol. The highest BCUT2D eigenvalue weighted by molar-refractivity contribution is 5.90. The quantitative estimate of drug-likeness (QED) is 0.433. The summed E-state index contributed by atoms with van der Waals surface area (Å²) in [5, 5.41) is 10.3. The minimum Gasteiger partial charge on any atom is -0.382 e. The Kier molecular flexibility index (Phi) is 5.24. The van der Waals surface area contributed by atoms with Gasteiger partial charge in [0.25, 0.3) is 0 Å². The van der Waals surface area contributed by atoms with E-state index in [2.05, 4.69) is 15.7 Å². The van der Waals surface area contributed by atoms with Crippen molar-refractivity contribution in [3.8, 4) is 5.69 Å². The summed E-state index contributed by atoms with van der Waals surface area (Å²) in [6, 6.07) is 18.8. The Morgan fingerprint density at radius 1 is 1.00 bits per heavy atom. The largest absolute Gasteiger partial charge is 0.416 e. The number of nitrogens with one attached hydrogen (secondary N) is 2. The van der Waals surface area contributed by atoms with Crippen LogP contribution in [0.1, 0.15) is 11.1 Å². The van der Waals surface area contributed by atoms with Gasteiger partial charge < -0.3 is 16.4 Å². The van der Waals surface area contributed by atoms with Crippen molar-refractivity contribution in [1.82, 2.24) is 15.1 Å². The first-order valence-electron chi connectivity index (χ1n) is 9.36. The Morgan fingerprint density at radius 2 is 1.77 bits per heavy atom. The fourth-order valence-corrected chi connectivity index (χ4v) is 3.22. The number of para-hydroxylation sites is 1. The average molecular weight is 425 g/mol. The monoisotopic (exact) mass is 425 g/mol. The molecule has 0 aliphatic heterocycles. The number of carbonyl (C=O) groups is 1. The van der Waals surface area contributed by atoms with Crippen LogP contribution in [0.3, 0.4) is 0 Å². The second-order valence-electron chi connectivity index (χ2n) is 6.87. The van der Waals surface area contributed by atoms with Crippen LogP contribution < -0.4 is 16.4 Å². The smallest absolute Gasteiger partial charge is 0.382 e. The van der Waals surface area contributed by atoms with Gasteiger partial charge in [0.15, 0.2) is 5.82 Å². The maximum Gasteiger partial charge on any atom is 0.416 e. The molecule has 3 aromatic carbocycles. The normalized spacial score (nSPS) is 11.5. The number of anilines is 2. The predicted octanol–water partition coefficient (Wildman–Crippen LogP) is 4.95. The number of nitrogens with zero attached hydrogens (tertiary/aromatic N) is 2. The number of benzene rings is 3. The molecule has 2 amide bonds. The number of nitrogens with two attached hydrogens (primary N) is 1. The summed E-state index contributed by atoms with van der Waals surface area (Å²) in [7, 11) is 0. The lowest BCUT2D eigenvalue weighted by Crippen LogP contribution is -2.28. The number of nitrogen functional groups attached to an aromatic ring is 1. The highest BCUT2D eigenvalue weighted by Gasteiger charge is 2.30. The van der Waals surface area contributed by atoms with Crippen LogP contribution in [0.25, 0.3) is 16.6 Å². The Balaban J connectivity index is 1.46. The summed E-state index contributed by atoms with van der Waals surface area (Å²) in [4.78, 5) is 12.1. The zero-order valence-corrected chi connectivity index (χ0v) is 16.1. The molecule has 6 nitrogen and oxygen atoms in total. The third-order valence-electron chi connectivity index (χ3n) is 4.67. The van der Waals surface area contributed by atoms with Crippen LogP contribution in [0.5, 0.6) is 0 Å². The molecule has 4 aromatic rings. The number of hydrogen-bond donors (Lipinski definition) is 3. The van der Waals surface area contributed by atoms with E-state index in [9.17, 15) is 18.0 Å². The first-order valence-corrected chi connectivity index (χ1v) is 9.36. The molecule has 0 spiro atoms. The molecular weight excluding hydrogens is 407 g/mol. The standard InChI is InChI=1S/C22H18F3N5O/c23-22(24,25)15-6-4-7-16(12-15)28-21(31)27-13-14-5-3-8-17(11-14)30-19-10-2-1-9-18(19)20(26)29-30/h1-12H,13H2,(H2,26,29)(H2,27,28,31). The van der Waals surface area contributed by atoms with E-state index >= 15 is 0 Å². The summed E-state index contributed by atoms with van der Waals surface area (Å²) < 4.78 is 40.1. The Hall–Kier alpha value is -4.01. The number of hydrogen-bond acceptors (Lipinski definition) is 3. The minimum atomic E-state index is -4.48. The molecule has 31 heavy (non-hydrogen) atoms. The number of amides is 2. The second-order valence-corrected chi connectivity index (χ2v) is 6.87. The van der Waals surface area contributed by atoms with Crippen molar-refractivity contribution < 1.29 is 18.0 Å². The van der Waals surface area contributed by atoms with Gasteiger partial charge in [-0.15, -0.1) is 5.10 Å². The van der Waals surface area contributed by atoms with Gasteiger partial charge in [-0.05, 0) is 48.0 Å². The van der Waals surface area contributed by atoms with Crippen LogP contribution in [0.15, 0.2) is 72.8 Å². The fourth-order valence-electron chi connectivity index (χ4n) is 3.22. The molecule has 0 radical (unpaired) electrons. The van der Waals surface area contributed by atoms with Gasteiger partial charge in [-0.3, -0.25) is 0 Å². The molecule has 0 fully saturated rings. The van der Waals surface area contributed by atoms with E-state index in [1.165, 1.54) is 12.1 Å². The van der Waals surface area contributed by atoms with Gasteiger partial charge in [0, 0.05) is 17.6 Å². The maximum atomic E-state index is 12.8. The summed E-state index contributed by atoms with van der Waals surface area (Å²) >= 11 is 0. The molecule has 158 valence electrons. The minimum absolute atomic E-state index is 0.0551. The van der Waals surface area contributed by atoms with Gasteiger partial charge >= 0.3 is 12.2 Å². The first-order chi connectivity index (χ1) is 14.8. The molecule has 1 heterocycles. The molecule has 9 heteroatoms. The fraction of sp³-hybridized carbons (Fsp3) is 0.0909. The number of aromatic nitrogens is 2. The van der Waals surface area contributed by atoms with E-state index in [4.69, 9.17) is 5.73 Å². The van der Waals surface area contributed by atoms with Crippen LogP contribution in [0.4, 0.5) is 29.5 Å².